The van der Waals surface area contributed by atoms with E-state index >= 15 is 0 Å². The highest BCUT2D eigenvalue weighted by atomic mass is 79.9. The summed E-state index contributed by atoms with van der Waals surface area (Å²) in [5.41, 5.74) is 4.03. The van der Waals surface area contributed by atoms with Gasteiger partial charge in [-0.25, -0.2) is 0 Å². The molecule has 0 radical (unpaired) electrons. The van der Waals surface area contributed by atoms with E-state index in [-0.39, 0.29) is 0 Å². The highest BCUT2D eigenvalue weighted by Crippen LogP contribution is 2.28. The van der Waals surface area contributed by atoms with Crippen molar-refractivity contribution in [1.82, 2.24) is 0 Å². The van der Waals surface area contributed by atoms with Crippen LogP contribution < -0.4 is 5.32 Å². The second-order valence-corrected chi connectivity index (χ2v) is 5.81. The predicted octanol–water partition coefficient (Wildman–Crippen LogP) is 4.81. The van der Waals surface area contributed by atoms with Crippen LogP contribution in [-0.4, -0.2) is 6.04 Å². The lowest BCUT2D eigenvalue weighted by molar-refractivity contribution is 0.462. The molecule has 1 fully saturated rings. The molecule has 0 amide bonds. The summed E-state index contributed by atoms with van der Waals surface area (Å²) in [6, 6.07) is 5.07. The van der Waals surface area contributed by atoms with Crippen molar-refractivity contribution in [3.8, 4) is 0 Å². The van der Waals surface area contributed by atoms with Gasteiger partial charge < -0.3 is 5.32 Å². The van der Waals surface area contributed by atoms with E-state index in [1.807, 2.05) is 0 Å². The third-order valence-electron chi connectivity index (χ3n) is 3.45. The van der Waals surface area contributed by atoms with Gasteiger partial charge in [0.05, 0.1) is 0 Å². The number of nitrogens with one attached hydrogen (secondary N) is 1. The van der Waals surface area contributed by atoms with E-state index in [1.54, 1.807) is 0 Å². The molecule has 0 unspecified atom stereocenters. The molecule has 0 atom stereocenters. The van der Waals surface area contributed by atoms with Crippen LogP contribution in [0.15, 0.2) is 16.6 Å². The van der Waals surface area contributed by atoms with Gasteiger partial charge in [0.2, 0.25) is 0 Å². The molecule has 1 nitrogen and oxygen atoms in total. The molecule has 1 aliphatic carbocycles. The molecule has 1 aliphatic rings. The minimum atomic E-state index is 0.687. The molecular weight excluding hydrogens is 262 g/mol. The number of hydrogen-bond acceptors (Lipinski definition) is 1. The molecule has 2 rings (SSSR count). The first-order chi connectivity index (χ1) is 7.66. The summed E-state index contributed by atoms with van der Waals surface area (Å²) in [7, 11) is 0. The van der Waals surface area contributed by atoms with Crippen molar-refractivity contribution < 1.29 is 0 Å². The molecule has 2 heteroatoms. The van der Waals surface area contributed by atoms with E-state index < -0.39 is 0 Å². The van der Waals surface area contributed by atoms with Gasteiger partial charge in [0.15, 0.2) is 0 Å². The zero-order valence-corrected chi connectivity index (χ0v) is 11.7. The van der Waals surface area contributed by atoms with Crippen LogP contribution in [-0.2, 0) is 0 Å². The number of halogens is 1. The summed E-state index contributed by atoms with van der Waals surface area (Å²) in [4.78, 5) is 0. The summed E-state index contributed by atoms with van der Waals surface area (Å²) >= 11 is 3.54. The highest BCUT2D eigenvalue weighted by Gasteiger charge is 2.14. The number of hydrogen-bond donors (Lipinski definition) is 1. The van der Waals surface area contributed by atoms with Gasteiger partial charge in [-0.1, -0.05) is 35.2 Å². The lowest BCUT2D eigenvalue weighted by Gasteiger charge is -2.26. The van der Waals surface area contributed by atoms with E-state index in [4.69, 9.17) is 0 Å². The molecule has 1 aromatic rings. The summed E-state index contributed by atoms with van der Waals surface area (Å²) < 4.78 is 1.18. The van der Waals surface area contributed by atoms with Crippen molar-refractivity contribution in [2.24, 2.45) is 0 Å². The Kier molecular flexibility index (Phi) is 3.91. The minimum Gasteiger partial charge on any atom is -0.382 e. The molecule has 0 saturated heterocycles. The maximum absolute atomic E-state index is 3.72. The lowest BCUT2D eigenvalue weighted by atomic mass is 9.94. The quantitative estimate of drug-likeness (QED) is 0.820. The van der Waals surface area contributed by atoms with Gasteiger partial charge in [0.1, 0.15) is 0 Å². The molecular formula is C14H20BrN. The van der Waals surface area contributed by atoms with Crippen molar-refractivity contribution in [1.29, 1.82) is 0 Å². The first-order valence-electron chi connectivity index (χ1n) is 6.20. The van der Waals surface area contributed by atoms with Crippen molar-refractivity contribution in [3.63, 3.8) is 0 Å². The first kappa shape index (κ1) is 12.0. The molecule has 0 aromatic heterocycles. The van der Waals surface area contributed by atoms with Crippen LogP contribution in [0.3, 0.4) is 0 Å². The molecule has 0 bridgehead atoms. The van der Waals surface area contributed by atoms with E-state index in [1.165, 1.54) is 53.4 Å². The Balaban J connectivity index is 2.14. The maximum Gasteiger partial charge on any atom is 0.0402 e. The SMILES string of the molecule is Cc1cc(Br)cc(C)c1NC1CCCCC1. The van der Waals surface area contributed by atoms with Gasteiger partial charge in [-0.2, -0.15) is 0 Å². The van der Waals surface area contributed by atoms with E-state index in [0.717, 1.165) is 0 Å². The fourth-order valence-electron chi connectivity index (χ4n) is 2.59. The number of benzene rings is 1. The Bertz CT molecular complexity index is 344. The number of anilines is 1. The van der Waals surface area contributed by atoms with Crippen LogP contribution >= 0.6 is 15.9 Å². The molecule has 1 aromatic carbocycles. The van der Waals surface area contributed by atoms with Crippen molar-refractivity contribution >= 4 is 21.6 Å². The molecule has 1 saturated carbocycles. The van der Waals surface area contributed by atoms with Gasteiger partial charge in [-0.05, 0) is 49.9 Å². The monoisotopic (exact) mass is 281 g/mol. The smallest absolute Gasteiger partial charge is 0.0402 e. The summed E-state index contributed by atoms with van der Waals surface area (Å²) in [6.45, 7) is 4.37. The average Bonchev–Trinajstić information content (AvgIpc) is 2.25. The minimum absolute atomic E-state index is 0.687. The highest BCUT2D eigenvalue weighted by molar-refractivity contribution is 9.10. The number of rotatable bonds is 2. The van der Waals surface area contributed by atoms with Gasteiger partial charge in [-0.3, -0.25) is 0 Å². The van der Waals surface area contributed by atoms with Crippen LogP contribution in [0.4, 0.5) is 5.69 Å². The second kappa shape index (κ2) is 5.22. The van der Waals surface area contributed by atoms with Crippen molar-refractivity contribution in [2.45, 2.75) is 52.0 Å². The van der Waals surface area contributed by atoms with E-state index in [9.17, 15) is 0 Å². The Morgan fingerprint density at radius 2 is 1.62 bits per heavy atom. The van der Waals surface area contributed by atoms with Gasteiger partial charge in [0, 0.05) is 16.2 Å². The van der Waals surface area contributed by atoms with Gasteiger partial charge >= 0.3 is 0 Å². The first-order valence-corrected chi connectivity index (χ1v) is 6.99. The van der Waals surface area contributed by atoms with Crippen molar-refractivity contribution in [3.05, 3.63) is 27.7 Å². The van der Waals surface area contributed by atoms with E-state index in [0.29, 0.717) is 6.04 Å². The van der Waals surface area contributed by atoms with Crippen LogP contribution in [0.2, 0.25) is 0 Å². The third kappa shape index (κ3) is 2.79. The number of aryl methyl sites for hydroxylation is 2. The zero-order chi connectivity index (χ0) is 11.5. The Hall–Kier alpha value is -0.500. The fraction of sp³-hybridized carbons (Fsp3) is 0.571. The Morgan fingerprint density at radius 1 is 1.06 bits per heavy atom. The topological polar surface area (TPSA) is 12.0 Å². The standard InChI is InChI=1S/C14H20BrN/c1-10-8-12(15)9-11(2)14(10)16-13-6-4-3-5-7-13/h8-9,13,16H,3-7H2,1-2H3. The van der Waals surface area contributed by atoms with Crippen molar-refractivity contribution in [2.75, 3.05) is 5.32 Å². The molecule has 88 valence electrons. The Labute approximate surface area is 107 Å². The average molecular weight is 282 g/mol. The summed E-state index contributed by atoms with van der Waals surface area (Å²) in [5.74, 6) is 0. The zero-order valence-electron chi connectivity index (χ0n) is 10.1. The van der Waals surface area contributed by atoms with E-state index in [2.05, 4.69) is 47.2 Å². The molecule has 0 heterocycles. The van der Waals surface area contributed by atoms with Gasteiger partial charge in [0.25, 0.3) is 0 Å². The van der Waals surface area contributed by atoms with Crippen LogP contribution in [0, 0.1) is 13.8 Å². The third-order valence-corrected chi connectivity index (χ3v) is 3.91. The predicted molar refractivity (Wildman–Crippen MR) is 74.1 cm³/mol. The second-order valence-electron chi connectivity index (χ2n) is 4.89. The Morgan fingerprint density at radius 3 is 2.19 bits per heavy atom. The molecule has 1 N–H and O–H groups in total. The largest absolute Gasteiger partial charge is 0.382 e. The lowest BCUT2D eigenvalue weighted by Crippen LogP contribution is -2.23. The van der Waals surface area contributed by atoms with Crippen LogP contribution in [0.5, 0.6) is 0 Å². The molecule has 0 aliphatic heterocycles. The fourth-order valence-corrected chi connectivity index (χ4v) is 3.28. The van der Waals surface area contributed by atoms with Gasteiger partial charge in [-0.15, -0.1) is 0 Å². The van der Waals surface area contributed by atoms with Crippen LogP contribution in [0.1, 0.15) is 43.2 Å². The molecule has 16 heavy (non-hydrogen) atoms. The molecule has 0 spiro atoms. The maximum atomic E-state index is 3.72. The van der Waals surface area contributed by atoms with Crippen LogP contribution in [0.25, 0.3) is 0 Å². The summed E-state index contributed by atoms with van der Waals surface area (Å²) in [6.07, 6.45) is 6.83. The summed E-state index contributed by atoms with van der Waals surface area (Å²) in [5, 5.41) is 3.72. The normalized spacial score (nSPS) is 17.4.